The smallest absolute Gasteiger partial charge is 0.209 e. The van der Waals surface area contributed by atoms with E-state index < -0.39 is 0 Å². The first-order chi connectivity index (χ1) is 25.1. The molecular weight excluding hydrogens is 621 g/mol. The van der Waals surface area contributed by atoms with E-state index in [0.29, 0.717) is 0 Å². The summed E-state index contributed by atoms with van der Waals surface area (Å²) >= 11 is 0. The maximum atomic E-state index is 5.58. The molecular formula is C47H34N4. The number of aliphatic imine (C=N–C) groups is 1. The van der Waals surface area contributed by atoms with E-state index >= 15 is 0 Å². The van der Waals surface area contributed by atoms with Crippen molar-refractivity contribution in [3.8, 4) is 5.69 Å². The molecule has 1 aliphatic carbocycles. The molecule has 0 amide bonds. The van der Waals surface area contributed by atoms with Gasteiger partial charge < -0.3 is 9.88 Å². The zero-order valence-electron chi connectivity index (χ0n) is 28.4. The van der Waals surface area contributed by atoms with Gasteiger partial charge in [-0.2, -0.15) is 0 Å². The van der Waals surface area contributed by atoms with E-state index in [9.17, 15) is 0 Å². The molecule has 1 N–H and O–H groups in total. The molecule has 2 aromatic heterocycles. The van der Waals surface area contributed by atoms with Gasteiger partial charge in [-0.25, -0.2) is 4.99 Å². The van der Waals surface area contributed by atoms with Gasteiger partial charge in [0, 0.05) is 38.2 Å². The van der Waals surface area contributed by atoms with Crippen LogP contribution in [0.4, 0.5) is 0 Å². The lowest BCUT2D eigenvalue weighted by Crippen LogP contribution is -2.40. The van der Waals surface area contributed by atoms with E-state index in [0.717, 1.165) is 28.4 Å². The first-order valence-corrected chi connectivity index (χ1v) is 17.8. The molecule has 0 radical (unpaired) electrons. The second-order valence-corrected chi connectivity index (χ2v) is 14.5. The maximum Gasteiger partial charge on any atom is 0.209 e. The van der Waals surface area contributed by atoms with Gasteiger partial charge in [-0.15, -0.1) is 0 Å². The van der Waals surface area contributed by atoms with Crippen molar-refractivity contribution in [2.24, 2.45) is 4.99 Å². The second-order valence-electron chi connectivity index (χ2n) is 14.5. The van der Waals surface area contributed by atoms with E-state index in [1.165, 1.54) is 65.6 Å². The van der Waals surface area contributed by atoms with Crippen LogP contribution in [0, 0.1) is 0 Å². The standard InChI is InChI=1S/C47H34N4/c1-47(2)38-21-11-8-20-36(38)45-43(47)44(31-24-25-35-33-18-9-12-22-39(33)50(41(35)28-31)32-16-4-3-5-17-32)48-46(49-45)51-40-23-13-10-19-34(40)37-26-29-14-6-7-15-30(29)27-42(37)51/h3-28,44H,1-2H3,(H,48,49). The summed E-state index contributed by atoms with van der Waals surface area (Å²) in [6.07, 6.45) is 0. The van der Waals surface area contributed by atoms with Crippen molar-refractivity contribution in [2.75, 3.05) is 0 Å². The summed E-state index contributed by atoms with van der Waals surface area (Å²) in [5.74, 6) is 0.844. The molecule has 0 fully saturated rings. The van der Waals surface area contributed by atoms with Crippen molar-refractivity contribution >= 4 is 66.0 Å². The second kappa shape index (κ2) is 10.3. The first-order valence-electron chi connectivity index (χ1n) is 17.8. The van der Waals surface area contributed by atoms with Crippen LogP contribution in [0.5, 0.6) is 0 Å². The van der Waals surface area contributed by atoms with Crippen LogP contribution in [-0.4, -0.2) is 15.1 Å². The zero-order valence-corrected chi connectivity index (χ0v) is 28.4. The molecule has 0 bridgehead atoms. The van der Waals surface area contributed by atoms with Crippen LogP contribution in [0.25, 0.3) is 65.8 Å². The van der Waals surface area contributed by atoms with Gasteiger partial charge in [-0.1, -0.05) is 129 Å². The molecule has 242 valence electrons. The van der Waals surface area contributed by atoms with Gasteiger partial charge in [0.1, 0.15) is 0 Å². The highest BCUT2D eigenvalue weighted by Gasteiger charge is 2.44. The fourth-order valence-electron chi connectivity index (χ4n) is 9.05. The largest absolute Gasteiger partial charge is 0.345 e. The molecule has 11 rings (SSSR count). The Morgan fingerprint density at radius 2 is 1.14 bits per heavy atom. The van der Waals surface area contributed by atoms with E-state index in [-0.39, 0.29) is 11.5 Å². The van der Waals surface area contributed by atoms with Crippen LogP contribution in [0.15, 0.2) is 168 Å². The number of hydrogen-bond donors (Lipinski definition) is 1. The van der Waals surface area contributed by atoms with E-state index in [1.54, 1.807) is 0 Å². The van der Waals surface area contributed by atoms with Crippen molar-refractivity contribution in [3.63, 3.8) is 0 Å². The highest BCUT2D eigenvalue weighted by molar-refractivity contribution is 6.18. The fraction of sp³-hybridized carbons (Fsp3) is 0.0851. The Balaban J connectivity index is 1.19. The van der Waals surface area contributed by atoms with Crippen molar-refractivity contribution in [1.82, 2.24) is 14.5 Å². The topological polar surface area (TPSA) is 34.2 Å². The molecule has 0 saturated carbocycles. The predicted octanol–water partition coefficient (Wildman–Crippen LogP) is 11.3. The van der Waals surface area contributed by atoms with Crippen LogP contribution < -0.4 is 5.32 Å². The third kappa shape index (κ3) is 3.93. The molecule has 0 spiro atoms. The Morgan fingerprint density at radius 3 is 1.94 bits per heavy atom. The quantitative estimate of drug-likeness (QED) is 0.198. The fourth-order valence-corrected chi connectivity index (χ4v) is 9.05. The highest BCUT2D eigenvalue weighted by atomic mass is 15.2. The molecule has 0 saturated heterocycles. The van der Waals surface area contributed by atoms with Crippen LogP contribution in [-0.2, 0) is 5.41 Å². The third-order valence-electron chi connectivity index (χ3n) is 11.4. The van der Waals surface area contributed by atoms with Crippen molar-refractivity contribution in [1.29, 1.82) is 0 Å². The maximum absolute atomic E-state index is 5.58. The summed E-state index contributed by atoms with van der Waals surface area (Å²) in [6.45, 7) is 4.71. The Morgan fingerprint density at radius 1 is 0.529 bits per heavy atom. The first kappa shape index (κ1) is 28.4. The number of rotatable bonds is 2. The molecule has 51 heavy (non-hydrogen) atoms. The molecule has 1 unspecified atom stereocenters. The minimum atomic E-state index is -0.225. The van der Waals surface area contributed by atoms with Gasteiger partial charge in [0.05, 0.1) is 33.8 Å². The molecule has 2 aliphatic rings. The SMILES string of the molecule is CC1(C)C2=C(N=C(n3c4ccccc4c4cc5ccccc5cc43)NC2c2ccc3c4ccccc4n(-c4ccccc4)c3c2)c2ccccc21. The molecule has 9 aromatic rings. The minimum Gasteiger partial charge on any atom is -0.345 e. The number of para-hydroxylation sites is 3. The van der Waals surface area contributed by atoms with Gasteiger partial charge in [0.25, 0.3) is 0 Å². The van der Waals surface area contributed by atoms with Crippen molar-refractivity contribution in [3.05, 3.63) is 180 Å². The van der Waals surface area contributed by atoms with Crippen LogP contribution in [0.3, 0.4) is 0 Å². The number of aromatic nitrogens is 2. The van der Waals surface area contributed by atoms with Gasteiger partial charge >= 0.3 is 0 Å². The third-order valence-corrected chi connectivity index (χ3v) is 11.4. The summed E-state index contributed by atoms with van der Waals surface area (Å²) in [4.78, 5) is 5.58. The predicted molar refractivity (Wildman–Crippen MR) is 213 cm³/mol. The van der Waals surface area contributed by atoms with Crippen molar-refractivity contribution < 1.29 is 0 Å². The molecule has 1 aliphatic heterocycles. The zero-order chi connectivity index (χ0) is 33.8. The van der Waals surface area contributed by atoms with Gasteiger partial charge in [0.15, 0.2) is 0 Å². The number of hydrogen-bond acceptors (Lipinski definition) is 2. The monoisotopic (exact) mass is 654 g/mol. The Kier molecular flexibility index (Phi) is 5.75. The number of nitrogens with zero attached hydrogens (tertiary/aromatic N) is 3. The molecule has 3 heterocycles. The van der Waals surface area contributed by atoms with E-state index in [2.05, 4.69) is 186 Å². The molecule has 7 aromatic carbocycles. The number of benzene rings is 7. The summed E-state index contributed by atoms with van der Waals surface area (Å²) in [7, 11) is 0. The molecule has 4 nitrogen and oxygen atoms in total. The van der Waals surface area contributed by atoms with Crippen LogP contribution in [0.2, 0.25) is 0 Å². The Bertz CT molecular complexity index is 2970. The van der Waals surface area contributed by atoms with Gasteiger partial charge in [-0.3, -0.25) is 4.57 Å². The van der Waals surface area contributed by atoms with Gasteiger partial charge in [-0.05, 0) is 69.9 Å². The molecule has 4 heteroatoms. The normalized spacial score (nSPS) is 16.6. The lowest BCUT2D eigenvalue weighted by molar-refractivity contribution is 0.551. The van der Waals surface area contributed by atoms with Gasteiger partial charge in [0.2, 0.25) is 5.96 Å². The summed E-state index contributed by atoms with van der Waals surface area (Å²) in [5, 5.41) is 11.5. The number of fused-ring (bicyclic) bond motifs is 9. The van der Waals surface area contributed by atoms with E-state index in [1.807, 2.05) is 0 Å². The minimum absolute atomic E-state index is 0.113. The highest BCUT2D eigenvalue weighted by Crippen LogP contribution is 2.53. The number of nitrogens with one attached hydrogen (secondary N) is 1. The lowest BCUT2D eigenvalue weighted by atomic mass is 9.76. The summed E-state index contributed by atoms with van der Waals surface area (Å²) < 4.78 is 4.76. The van der Waals surface area contributed by atoms with Crippen molar-refractivity contribution in [2.45, 2.75) is 25.3 Å². The lowest BCUT2D eigenvalue weighted by Gasteiger charge is -2.35. The van der Waals surface area contributed by atoms with Crippen LogP contribution in [0.1, 0.15) is 36.6 Å². The average molecular weight is 655 g/mol. The average Bonchev–Trinajstić information content (AvgIpc) is 3.76. The van der Waals surface area contributed by atoms with E-state index in [4.69, 9.17) is 4.99 Å². The molecule has 1 atom stereocenters. The van der Waals surface area contributed by atoms with Crippen LogP contribution >= 0.6 is 0 Å². The summed E-state index contributed by atoms with van der Waals surface area (Å²) in [6, 6.07) is 57.3. The summed E-state index contributed by atoms with van der Waals surface area (Å²) in [5.41, 5.74) is 11.8. The Labute approximate surface area is 295 Å². The Hall–Kier alpha value is -6.39.